The summed E-state index contributed by atoms with van der Waals surface area (Å²) in [5.74, 6) is -0.667. The Morgan fingerprint density at radius 1 is 1.55 bits per heavy atom. The van der Waals surface area contributed by atoms with E-state index >= 15 is 0 Å². The molecule has 0 aromatic carbocycles. The van der Waals surface area contributed by atoms with E-state index in [-0.39, 0.29) is 0 Å². The van der Waals surface area contributed by atoms with E-state index in [2.05, 4.69) is 0 Å². The van der Waals surface area contributed by atoms with Crippen molar-refractivity contribution < 1.29 is 9.90 Å². The number of nitrogens with two attached hydrogens (primary N) is 1. The first-order valence-electron chi connectivity index (χ1n) is 3.82. The third kappa shape index (κ3) is 1.52. The molecule has 0 radical (unpaired) electrons. The number of hydrogen-bond donors (Lipinski definition) is 2. The predicted octanol–water partition coefficient (Wildman–Crippen LogP) is -0.724. The van der Waals surface area contributed by atoms with Gasteiger partial charge in [0.05, 0.1) is 0 Å². The molecule has 0 saturated carbocycles. The van der Waals surface area contributed by atoms with Crippen molar-refractivity contribution in [3.05, 3.63) is 0 Å². The van der Waals surface area contributed by atoms with E-state index in [9.17, 15) is 9.90 Å². The van der Waals surface area contributed by atoms with Gasteiger partial charge in [0.15, 0.2) is 5.72 Å². The van der Waals surface area contributed by atoms with Crippen molar-refractivity contribution in [2.75, 3.05) is 13.1 Å². The molecule has 0 spiro atoms. The molecular formula is C7H14N2O2. The second-order valence-corrected chi connectivity index (χ2v) is 3.08. The number of likely N-dealkylation sites (tertiary alicyclic amines) is 1. The third-order valence-electron chi connectivity index (χ3n) is 2.19. The van der Waals surface area contributed by atoms with Gasteiger partial charge in [-0.1, -0.05) is 0 Å². The highest BCUT2D eigenvalue weighted by molar-refractivity contribution is 5.82. The van der Waals surface area contributed by atoms with Crippen LogP contribution in [0.25, 0.3) is 0 Å². The Bertz CT molecular complexity index is 162. The molecule has 4 heteroatoms. The SMILES string of the molecule is CC(O)(C(N)=O)N1CCCC1. The molecule has 1 amide bonds. The molecule has 1 aliphatic rings. The number of amides is 1. The molecule has 1 heterocycles. The largest absolute Gasteiger partial charge is 0.367 e. The first-order valence-corrected chi connectivity index (χ1v) is 3.82. The van der Waals surface area contributed by atoms with Gasteiger partial charge in [-0.3, -0.25) is 9.69 Å². The van der Waals surface area contributed by atoms with Gasteiger partial charge in [-0.05, 0) is 19.8 Å². The van der Waals surface area contributed by atoms with Gasteiger partial charge in [0, 0.05) is 13.1 Å². The van der Waals surface area contributed by atoms with Crippen molar-refractivity contribution in [2.24, 2.45) is 5.73 Å². The van der Waals surface area contributed by atoms with Crippen LogP contribution in [0.3, 0.4) is 0 Å². The van der Waals surface area contributed by atoms with Gasteiger partial charge in [0.2, 0.25) is 0 Å². The molecule has 0 aromatic heterocycles. The average molecular weight is 158 g/mol. The topological polar surface area (TPSA) is 66.6 Å². The molecule has 3 N–H and O–H groups in total. The molecule has 1 aliphatic heterocycles. The van der Waals surface area contributed by atoms with Crippen molar-refractivity contribution >= 4 is 5.91 Å². The molecule has 1 unspecified atom stereocenters. The van der Waals surface area contributed by atoms with Crippen molar-refractivity contribution in [3.63, 3.8) is 0 Å². The molecule has 1 rings (SSSR count). The number of nitrogens with zero attached hydrogens (tertiary/aromatic N) is 1. The Labute approximate surface area is 66.0 Å². The normalized spacial score (nSPS) is 24.9. The fourth-order valence-electron chi connectivity index (χ4n) is 1.31. The summed E-state index contributed by atoms with van der Waals surface area (Å²) in [5, 5.41) is 9.54. The third-order valence-corrected chi connectivity index (χ3v) is 2.19. The Balaban J connectivity index is 2.62. The highest BCUT2D eigenvalue weighted by Gasteiger charge is 2.36. The molecule has 0 bridgehead atoms. The van der Waals surface area contributed by atoms with Crippen LogP contribution in [0.1, 0.15) is 19.8 Å². The van der Waals surface area contributed by atoms with Gasteiger partial charge in [-0.25, -0.2) is 0 Å². The van der Waals surface area contributed by atoms with Crippen molar-refractivity contribution in [1.29, 1.82) is 0 Å². The maximum absolute atomic E-state index is 10.7. The van der Waals surface area contributed by atoms with E-state index in [0.29, 0.717) is 0 Å². The van der Waals surface area contributed by atoms with Crippen LogP contribution >= 0.6 is 0 Å². The van der Waals surface area contributed by atoms with Crippen LogP contribution < -0.4 is 5.73 Å². The predicted molar refractivity (Wildman–Crippen MR) is 40.6 cm³/mol. The maximum Gasteiger partial charge on any atom is 0.264 e. The maximum atomic E-state index is 10.7. The average Bonchev–Trinajstić information content (AvgIpc) is 2.37. The first kappa shape index (κ1) is 8.49. The van der Waals surface area contributed by atoms with E-state index in [4.69, 9.17) is 5.73 Å². The monoisotopic (exact) mass is 158 g/mol. The standard InChI is InChI=1S/C7H14N2O2/c1-7(11,6(8)10)9-4-2-3-5-9/h11H,2-5H2,1H3,(H2,8,10). The molecule has 64 valence electrons. The summed E-state index contributed by atoms with van der Waals surface area (Å²) in [6.45, 7) is 2.96. The van der Waals surface area contributed by atoms with Gasteiger partial charge < -0.3 is 10.8 Å². The van der Waals surface area contributed by atoms with Gasteiger partial charge in [0.25, 0.3) is 5.91 Å². The molecule has 4 nitrogen and oxygen atoms in total. The minimum Gasteiger partial charge on any atom is -0.367 e. The number of hydrogen-bond acceptors (Lipinski definition) is 3. The fourth-order valence-corrected chi connectivity index (χ4v) is 1.31. The first-order chi connectivity index (χ1) is 5.05. The van der Waals surface area contributed by atoms with Crippen LogP contribution in [0.4, 0.5) is 0 Å². The summed E-state index contributed by atoms with van der Waals surface area (Å²) >= 11 is 0. The minimum absolute atomic E-state index is 0.667. The van der Waals surface area contributed by atoms with Gasteiger partial charge >= 0.3 is 0 Å². The fraction of sp³-hybridized carbons (Fsp3) is 0.857. The highest BCUT2D eigenvalue weighted by atomic mass is 16.3. The van der Waals surface area contributed by atoms with Crippen LogP contribution in [0.15, 0.2) is 0 Å². The molecule has 0 aliphatic carbocycles. The molecular weight excluding hydrogens is 144 g/mol. The zero-order valence-corrected chi connectivity index (χ0v) is 6.71. The second kappa shape index (κ2) is 2.79. The summed E-state index contributed by atoms with van der Waals surface area (Å²) < 4.78 is 0. The highest BCUT2D eigenvalue weighted by Crippen LogP contribution is 2.17. The number of rotatable bonds is 2. The Kier molecular flexibility index (Phi) is 2.15. The number of primary amides is 1. The molecule has 1 fully saturated rings. The van der Waals surface area contributed by atoms with Crippen LogP contribution in [0, 0.1) is 0 Å². The molecule has 11 heavy (non-hydrogen) atoms. The Hall–Kier alpha value is -0.610. The van der Waals surface area contributed by atoms with Gasteiger partial charge in [0.1, 0.15) is 0 Å². The van der Waals surface area contributed by atoms with E-state index in [0.717, 1.165) is 25.9 Å². The quantitative estimate of drug-likeness (QED) is 0.557. The van der Waals surface area contributed by atoms with Crippen molar-refractivity contribution in [3.8, 4) is 0 Å². The molecule has 1 atom stereocenters. The van der Waals surface area contributed by atoms with E-state index in [1.54, 1.807) is 4.90 Å². The van der Waals surface area contributed by atoms with Gasteiger partial charge in [-0.15, -0.1) is 0 Å². The lowest BCUT2D eigenvalue weighted by Crippen LogP contribution is -2.54. The lowest BCUT2D eigenvalue weighted by molar-refractivity contribution is -0.153. The lowest BCUT2D eigenvalue weighted by atomic mass is 10.2. The van der Waals surface area contributed by atoms with E-state index in [1.807, 2.05) is 0 Å². The number of carbonyl (C=O) groups excluding carboxylic acids is 1. The number of aliphatic hydroxyl groups is 1. The number of carbonyl (C=O) groups is 1. The van der Waals surface area contributed by atoms with Crippen LogP contribution in [-0.2, 0) is 4.79 Å². The summed E-state index contributed by atoms with van der Waals surface area (Å²) in [7, 11) is 0. The summed E-state index contributed by atoms with van der Waals surface area (Å²) in [5.41, 5.74) is 3.57. The lowest BCUT2D eigenvalue weighted by Gasteiger charge is -2.29. The van der Waals surface area contributed by atoms with Crippen LogP contribution in [0.2, 0.25) is 0 Å². The van der Waals surface area contributed by atoms with Crippen LogP contribution in [0.5, 0.6) is 0 Å². The van der Waals surface area contributed by atoms with Crippen molar-refractivity contribution in [1.82, 2.24) is 4.90 Å². The molecule has 1 saturated heterocycles. The van der Waals surface area contributed by atoms with Gasteiger partial charge in [-0.2, -0.15) is 0 Å². The zero-order chi connectivity index (χ0) is 8.48. The Morgan fingerprint density at radius 2 is 2.00 bits per heavy atom. The summed E-state index contributed by atoms with van der Waals surface area (Å²) in [6, 6.07) is 0. The minimum atomic E-state index is -1.45. The molecule has 0 aromatic rings. The zero-order valence-electron chi connectivity index (χ0n) is 6.71. The summed E-state index contributed by atoms with van der Waals surface area (Å²) in [4.78, 5) is 12.4. The Morgan fingerprint density at radius 3 is 2.36 bits per heavy atom. The van der Waals surface area contributed by atoms with E-state index < -0.39 is 11.6 Å². The van der Waals surface area contributed by atoms with E-state index in [1.165, 1.54) is 6.92 Å². The van der Waals surface area contributed by atoms with Crippen LogP contribution in [-0.4, -0.2) is 34.7 Å². The summed E-state index contributed by atoms with van der Waals surface area (Å²) in [6.07, 6.45) is 2.06. The van der Waals surface area contributed by atoms with Crippen molar-refractivity contribution in [2.45, 2.75) is 25.5 Å². The second-order valence-electron chi connectivity index (χ2n) is 3.08. The smallest absolute Gasteiger partial charge is 0.264 e.